The van der Waals surface area contributed by atoms with Gasteiger partial charge in [0, 0.05) is 18.3 Å². The monoisotopic (exact) mass is 511 g/mol. The van der Waals surface area contributed by atoms with Gasteiger partial charge >= 0.3 is 12.1 Å². The highest BCUT2D eigenvalue weighted by Crippen LogP contribution is 2.16. The number of aromatic nitrogens is 3. The second-order valence-electron chi connectivity index (χ2n) is 9.82. The standard InChI is InChI=1S/C26H33N5O6/c1-15-29-21-20(23(33)30-15)18(14-28-21)12-9-16-7-10-17(11-8-16)22(32)31-19(24(34)35)6-5-13-27-25(36)37-26(2,3)4/h7-8,10-11,14,19H,5-6,9,12-13H2,1-4H3,(H,27,36)(H,31,32)(H,34,35)(H2,28,29,30,33). The van der Waals surface area contributed by atoms with Crippen LogP contribution in [0, 0.1) is 6.92 Å². The summed E-state index contributed by atoms with van der Waals surface area (Å²) in [5, 5.41) is 15.1. The van der Waals surface area contributed by atoms with Crippen molar-refractivity contribution in [1.82, 2.24) is 25.6 Å². The van der Waals surface area contributed by atoms with Crippen molar-refractivity contribution in [3.8, 4) is 0 Å². The molecule has 0 aliphatic heterocycles. The summed E-state index contributed by atoms with van der Waals surface area (Å²) in [4.78, 5) is 58.2. The number of nitrogens with one attached hydrogen (secondary N) is 4. The molecule has 5 N–H and O–H groups in total. The summed E-state index contributed by atoms with van der Waals surface area (Å²) in [6, 6.07) is 5.79. The smallest absolute Gasteiger partial charge is 0.407 e. The fraction of sp³-hybridized carbons (Fsp3) is 0.423. The molecule has 0 saturated heterocycles. The van der Waals surface area contributed by atoms with E-state index in [4.69, 9.17) is 4.74 Å². The van der Waals surface area contributed by atoms with Gasteiger partial charge in [0.2, 0.25) is 0 Å². The third kappa shape index (κ3) is 7.92. The highest BCUT2D eigenvalue weighted by atomic mass is 16.6. The summed E-state index contributed by atoms with van der Waals surface area (Å²) in [6.07, 6.45) is 2.95. The van der Waals surface area contributed by atoms with Crippen LogP contribution in [0.4, 0.5) is 4.79 Å². The number of carbonyl (C=O) groups is 3. The van der Waals surface area contributed by atoms with Crippen LogP contribution in [0.25, 0.3) is 11.0 Å². The van der Waals surface area contributed by atoms with Crippen molar-refractivity contribution in [3.63, 3.8) is 0 Å². The van der Waals surface area contributed by atoms with E-state index in [2.05, 4.69) is 25.6 Å². The van der Waals surface area contributed by atoms with Gasteiger partial charge in [0.25, 0.3) is 11.5 Å². The van der Waals surface area contributed by atoms with E-state index >= 15 is 0 Å². The predicted octanol–water partition coefficient (Wildman–Crippen LogP) is 2.83. The molecule has 3 rings (SSSR count). The van der Waals surface area contributed by atoms with E-state index in [1.807, 2.05) is 0 Å². The number of H-pyrrole nitrogens is 2. The molecule has 3 aromatic rings. The zero-order valence-electron chi connectivity index (χ0n) is 21.4. The quantitative estimate of drug-likeness (QED) is 0.261. The van der Waals surface area contributed by atoms with Gasteiger partial charge in [-0.1, -0.05) is 12.1 Å². The van der Waals surface area contributed by atoms with Gasteiger partial charge in [-0.3, -0.25) is 9.59 Å². The normalized spacial score (nSPS) is 12.2. The minimum atomic E-state index is -1.15. The Bertz CT molecular complexity index is 1320. The number of amides is 2. The molecule has 0 aliphatic rings. The number of aliphatic carboxylic acids is 1. The van der Waals surface area contributed by atoms with Gasteiger partial charge in [-0.2, -0.15) is 0 Å². The Morgan fingerprint density at radius 2 is 1.84 bits per heavy atom. The van der Waals surface area contributed by atoms with E-state index < -0.39 is 29.6 Å². The summed E-state index contributed by atoms with van der Waals surface area (Å²) in [5.74, 6) is -1.10. The van der Waals surface area contributed by atoms with Crippen molar-refractivity contribution in [3.05, 3.63) is 63.3 Å². The number of alkyl carbamates (subject to hydrolysis) is 1. The first-order chi connectivity index (χ1) is 17.4. The molecule has 0 aliphatic carbocycles. The van der Waals surface area contributed by atoms with Crippen LogP contribution in [-0.2, 0) is 22.4 Å². The van der Waals surface area contributed by atoms with Gasteiger partial charge in [-0.25, -0.2) is 14.6 Å². The number of benzene rings is 1. The molecule has 11 nitrogen and oxygen atoms in total. The molecule has 2 heterocycles. The number of carboxylic acids is 1. The van der Waals surface area contributed by atoms with Crippen molar-refractivity contribution >= 4 is 29.0 Å². The first kappa shape index (κ1) is 27.4. The van der Waals surface area contributed by atoms with Gasteiger partial charge in [0.15, 0.2) is 0 Å². The Morgan fingerprint density at radius 1 is 1.14 bits per heavy atom. The zero-order valence-corrected chi connectivity index (χ0v) is 21.4. The van der Waals surface area contributed by atoms with Crippen LogP contribution in [-0.4, -0.2) is 56.2 Å². The first-order valence-corrected chi connectivity index (χ1v) is 12.1. The van der Waals surface area contributed by atoms with Gasteiger partial charge in [0.1, 0.15) is 23.1 Å². The molecule has 1 aromatic carbocycles. The van der Waals surface area contributed by atoms with Crippen molar-refractivity contribution in [2.75, 3.05) is 6.54 Å². The maximum Gasteiger partial charge on any atom is 0.407 e. The van der Waals surface area contributed by atoms with Crippen LogP contribution in [0.2, 0.25) is 0 Å². The summed E-state index contributed by atoms with van der Waals surface area (Å²) < 4.78 is 5.14. The number of carbonyl (C=O) groups excluding carboxylic acids is 2. The summed E-state index contributed by atoms with van der Waals surface area (Å²) in [6.45, 7) is 7.20. The van der Waals surface area contributed by atoms with Crippen molar-refractivity contribution in [2.24, 2.45) is 0 Å². The molecular formula is C26H33N5O6. The second kappa shape index (κ2) is 11.7. The maximum absolute atomic E-state index is 12.6. The lowest BCUT2D eigenvalue weighted by Crippen LogP contribution is -2.41. The molecule has 0 spiro atoms. The van der Waals surface area contributed by atoms with Crippen molar-refractivity contribution < 1.29 is 24.2 Å². The molecule has 0 bridgehead atoms. The van der Waals surface area contributed by atoms with Gasteiger partial charge in [-0.05, 0) is 76.6 Å². The predicted molar refractivity (Wildman–Crippen MR) is 138 cm³/mol. The van der Waals surface area contributed by atoms with Gasteiger partial charge in [-0.15, -0.1) is 0 Å². The molecule has 2 aromatic heterocycles. The van der Waals surface area contributed by atoms with E-state index in [9.17, 15) is 24.3 Å². The number of nitrogens with zero attached hydrogens (tertiary/aromatic N) is 1. The van der Waals surface area contributed by atoms with E-state index in [0.717, 1.165) is 11.1 Å². The van der Waals surface area contributed by atoms with Crippen LogP contribution in [0.15, 0.2) is 35.3 Å². The molecular weight excluding hydrogens is 478 g/mol. The van der Waals surface area contributed by atoms with Crippen LogP contribution < -0.4 is 16.2 Å². The SMILES string of the molecule is Cc1nc2[nH]cc(CCc3ccc(C(=O)NC(CCCNC(=O)OC(C)(C)C)C(=O)O)cc3)c2c(=O)[nH]1. The number of aromatic amines is 2. The molecule has 198 valence electrons. The van der Waals surface area contributed by atoms with Crippen LogP contribution in [0.1, 0.15) is 60.9 Å². The molecule has 0 fully saturated rings. The lowest BCUT2D eigenvalue weighted by molar-refractivity contribution is -0.139. The molecule has 37 heavy (non-hydrogen) atoms. The van der Waals surface area contributed by atoms with Crippen molar-refractivity contribution in [2.45, 2.75) is 65.0 Å². The van der Waals surface area contributed by atoms with E-state index in [1.165, 1.54) is 0 Å². The largest absolute Gasteiger partial charge is 0.480 e. The molecule has 1 unspecified atom stereocenters. The number of carboxylic acid groups (broad SMARTS) is 1. The fourth-order valence-electron chi connectivity index (χ4n) is 3.82. The molecule has 1 atom stereocenters. The molecule has 11 heteroatoms. The van der Waals surface area contributed by atoms with Crippen LogP contribution >= 0.6 is 0 Å². The number of aryl methyl sites for hydroxylation is 3. The average Bonchev–Trinajstić information content (AvgIpc) is 3.21. The minimum absolute atomic E-state index is 0.146. The topological polar surface area (TPSA) is 166 Å². The third-order valence-electron chi connectivity index (χ3n) is 5.58. The summed E-state index contributed by atoms with van der Waals surface area (Å²) in [5.41, 5.74) is 1.91. The van der Waals surface area contributed by atoms with Gasteiger partial charge < -0.3 is 30.4 Å². The van der Waals surface area contributed by atoms with Gasteiger partial charge in [0.05, 0.1) is 5.39 Å². The lowest BCUT2D eigenvalue weighted by atomic mass is 10.0. The minimum Gasteiger partial charge on any atom is -0.480 e. The van der Waals surface area contributed by atoms with E-state index in [0.29, 0.717) is 41.7 Å². The number of ether oxygens (including phenoxy) is 1. The van der Waals surface area contributed by atoms with Crippen molar-refractivity contribution in [1.29, 1.82) is 0 Å². The number of hydrogen-bond acceptors (Lipinski definition) is 6. The Balaban J connectivity index is 1.51. The van der Waals surface area contributed by atoms with Crippen LogP contribution in [0.3, 0.4) is 0 Å². The number of rotatable bonds is 10. The van der Waals surface area contributed by atoms with E-state index in [-0.39, 0.29) is 18.5 Å². The summed E-state index contributed by atoms with van der Waals surface area (Å²) in [7, 11) is 0. The maximum atomic E-state index is 12.6. The first-order valence-electron chi connectivity index (χ1n) is 12.1. The van der Waals surface area contributed by atoms with E-state index in [1.54, 1.807) is 58.2 Å². The number of hydrogen-bond donors (Lipinski definition) is 5. The molecule has 0 saturated carbocycles. The second-order valence-corrected chi connectivity index (χ2v) is 9.82. The fourth-order valence-corrected chi connectivity index (χ4v) is 3.82. The zero-order chi connectivity index (χ0) is 27.2. The average molecular weight is 512 g/mol. The van der Waals surface area contributed by atoms with Crippen LogP contribution in [0.5, 0.6) is 0 Å². The highest BCUT2D eigenvalue weighted by Gasteiger charge is 2.21. The Labute approximate surface area is 214 Å². The number of fused-ring (bicyclic) bond motifs is 1. The molecule has 2 amide bonds. The highest BCUT2D eigenvalue weighted by molar-refractivity contribution is 5.96. The Morgan fingerprint density at radius 3 is 2.49 bits per heavy atom. The lowest BCUT2D eigenvalue weighted by Gasteiger charge is -2.20. The summed E-state index contributed by atoms with van der Waals surface area (Å²) >= 11 is 0. The molecule has 0 radical (unpaired) electrons. The Kier molecular flexibility index (Phi) is 8.69. The Hall–Kier alpha value is -4.15. The third-order valence-corrected chi connectivity index (χ3v) is 5.58.